The predicted octanol–water partition coefficient (Wildman–Crippen LogP) is 5.00. The van der Waals surface area contributed by atoms with Gasteiger partial charge in [0.15, 0.2) is 0 Å². The topological polar surface area (TPSA) is 85.5 Å². The monoisotopic (exact) mass is 400 g/mol. The van der Waals surface area contributed by atoms with Crippen LogP contribution in [-0.2, 0) is 17.6 Å². The number of carboxylic acid groups (broad SMARTS) is 1. The molecule has 7 heteroatoms. The fraction of sp³-hybridized carbons (Fsp3) is 0.381. The van der Waals surface area contributed by atoms with Crippen LogP contribution in [-0.4, -0.2) is 28.4 Å². The van der Waals surface area contributed by atoms with Gasteiger partial charge in [-0.25, -0.2) is 0 Å². The number of benzene rings is 1. The molecule has 0 aliphatic rings. The Morgan fingerprint density at radius 3 is 2.68 bits per heavy atom. The van der Waals surface area contributed by atoms with Crippen molar-refractivity contribution in [2.45, 2.75) is 40.0 Å². The van der Waals surface area contributed by atoms with Gasteiger partial charge < -0.3 is 14.3 Å². The fourth-order valence-corrected chi connectivity index (χ4v) is 3.99. The van der Waals surface area contributed by atoms with Gasteiger partial charge in [0.25, 0.3) is 11.8 Å². The van der Waals surface area contributed by atoms with E-state index in [1.54, 1.807) is 18.4 Å². The first kappa shape index (κ1) is 20.1. The zero-order valence-electron chi connectivity index (χ0n) is 16.5. The number of aryl methyl sites for hydroxylation is 2. The smallest absolute Gasteiger partial charge is 0.303 e. The Kier molecular flexibility index (Phi) is 6.14. The molecule has 0 saturated heterocycles. The van der Waals surface area contributed by atoms with Crippen LogP contribution in [0.4, 0.5) is 0 Å². The van der Waals surface area contributed by atoms with Gasteiger partial charge in [-0.2, -0.15) is 0 Å². The van der Waals surface area contributed by atoms with E-state index in [4.69, 9.17) is 14.3 Å². The molecule has 0 saturated carbocycles. The standard InChI is InChI=1S/C21H24N2O4S/c1-12(2)9-15-11-18(28-13(15)3)21-23-22-20(27-21)16-7-5-14(6-8-19(24)25)10-17(16)26-4/h5,7,10-12H,6,8-9H2,1-4H3,(H,24,25). The molecular weight excluding hydrogens is 376 g/mol. The maximum absolute atomic E-state index is 10.8. The van der Waals surface area contributed by atoms with E-state index in [9.17, 15) is 4.79 Å². The van der Waals surface area contributed by atoms with Gasteiger partial charge in [0.2, 0.25) is 0 Å². The molecule has 1 N–H and O–H groups in total. The van der Waals surface area contributed by atoms with Crippen molar-refractivity contribution in [2.24, 2.45) is 5.92 Å². The van der Waals surface area contributed by atoms with Crippen LogP contribution in [0.1, 0.15) is 36.3 Å². The van der Waals surface area contributed by atoms with Crippen LogP contribution in [0.5, 0.6) is 5.75 Å². The number of hydrogen-bond acceptors (Lipinski definition) is 6. The highest BCUT2D eigenvalue weighted by Crippen LogP contribution is 2.35. The fourth-order valence-electron chi connectivity index (χ4n) is 3.02. The molecule has 6 nitrogen and oxygen atoms in total. The van der Waals surface area contributed by atoms with Crippen molar-refractivity contribution in [1.82, 2.24) is 10.2 Å². The molecule has 0 spiro atoms. The van der Waals surface area contributed by atoms with E-state index in [2.05, 4.69) is 37.0 Å². The second kappa shape index (κ2) is 8.56. The molecular formula is C21H24N2O4S. The van der Waals surface area contributed by atoms with Crippen LogP contribution >= 0.6 is 11.3 Å². The Balaban J connectivity index is 1.86. The SMILES string of the molecule is COc1cc(CCC(=O)O)ccc1-c1nnc(-c2cc(CC(C)C)c(C)s2)o1. The van der Waals surface area contributed by atoms with E-state index >= 15 is 0 Å². The van der Waals surface area contributed by atoms with Gasteiger partial charge >= 0.3 is 5.97 Å². The number of hydrogen-bond donors (Lipinski definition) is 1. The Labute approximate surface area is 168 Å². The summed E-state index contributed by atoms with van der Waals surface area (Å²) in [5, 5.41) is 17.3. The molecule has 0 bridgehead atoms. The minimum atomic E-state index is -0.826. The molecule has 0 atom stereocenters. The number of carbonyl (C=O) groups is 1. The number of aromatic nitrogens is 2. The Morgan fingerprint density at radius 2 is 2.00 bits per heavy atom. The number of aliphatic carboxylic acids is 1. The van der Waals surface area contributed by atoms with Gasteiger partial charge in [0.1, 0.15) is 5.75 Å². The first-order valence-electron chi connectivity index (χ1n) is 9.19. The lowest BCUT2D eigenvalue weighted by Gasteiger charge is -2.07. The van der Waals surface area contributed by atoms with E-state index < -0.39 is 5.97 Å². The van der Waals surface area contributed by atoms with E-state index in [0.717, 1.165) is 16.9 Å². The second-order valence-electron chi connectivity index (χ2n) is 7.13. The number of ether oxygens (including phenoxy) is 1. The largest absolute Gasteiger partial charge is 0.496 e. The van der Waals surface area contributed by atoms with Crippen LogP contribution in [0, 0.1) is 12.8 Å². The van der Waals surface area contributed by atoms with Gasteiger partial charge in [-0.1, -0.05) is 19.9 Å². The van der Waals surface area contributed by atoms with Crippen LogP contribution in [0.3, 0.4) is 0 Å². The molecule has 0 amide bonds. The molecule has 148 valence electrons. The molecule has 0 aliphatic heterocycles. The first-order chi connectivity index (χ1) is 13.4. The van der Waals surface area contributed by atoms with E-state index in [1.165, 1.54) is 10.4 Å². The van der Waals surface area contributed by atoms with Gasteiger partial charge in [-0.15, -0.1) is 21.5 Å². The lowest BCUT2D eigenvalue weighted by Crippen LogP contribution is -1.98. The molecule has 2 aromatic heterocycles. The van der Waals surface area contributed by atoms with Crippen LogP contribution in [0.15, 0.2) is 28.7 Å². The summed E-state index contributed by atoms with van der Waals surface area (Å²) >= 11 is 1.66. The van der Waals surface area contributed by atoms with E-state index in [0.29, 0.717) is 35.4 Å². The summed E-state index contributed by atoms with van der Waals surface area (Å²) in [6.45, 7) is 6.52. The molecule has 1 aromatic carbocycles. The third kappa shape index (κ3) is 4.59. The van der Waals surface area contributed by atoms with Gasteiger partial charge in [-0.3, -0.25) is 4.79 Å². The lowest BCUT2D eigenvalue weighted by atomic mass is 10.0. The maximum atomic E-state index is 10.8. The summed E-state index contributed by atoms with van der Waals surface area (Å²) in [6, 6.07) is 7.64. The van der Waals surface area contributed by atoms with E-state index in [-0.39, 0.29) is 6.42 Å². The average molecular weight is 401 g/mol. The van der Waals surface area contributed by atoms with Crippen molar-refractivity contribution < 1.29 is 19.1 Å². The number of carboxylic acids is 1. The van der Waals surface area contributed by atoms with Crippen molar-refractivity contribution in [3.05, 3.63) is 40.3 Å². The second-order valence-corrected chi connectivity index (χ2v) is 8.39. The highest BCUT2D eigenvalue weighted by molar-refractivity contribution is 7.15. The van der Waals surface area contributed by atoms with Crippen molar-refractivity contribution in [1.29, 1.82) is 0 Å². The summed E-state index contributed by atoms with van der Waals surface area (Å²) in [5.74, 6) is 1.22. The zero-order valence-corrected chi connectivity index (χ0v) is 17.3. The molecule has 0 aliphatic carbocycles. The quantitative estimate of drug-likeness (QED) is 0.573. The normalized spacial score (nSPS) is 11.2. The third-order valence-corrected chi connectivity index (χ3v) is 5.49. The number of thiophene rings is 1. The Bertz CT molecular complexity index is 975. The van der Waals surface area contributed by atoms with Crippen molar-refractivity contribution in [2.75, 3.05) is 7.11 Å². The van der Waals surface area contributed by atoms with Gasteiger partial charge in [-0.05, 0) is 55.0 Å². The molecule has 3 aromatic rings. The third-order valence-electron chi connectivity index (χ3n) is 4.41. The zero-order chi connectivity index (χ0) is 20.3. The van der Waals surface area contributed by atoms with Crippen molar-refractivity contribution >= 4 is 17.3 Å². The van der Waals surface area contributed by atoms with Gasteiger partial charge in [0, 0.05) is 11.3 Å². The molecule has 0 radical (unpaired) electrons. The predicted molar refractivity (Wildman–Crippen MR) is 109 cm³/mol. The number of rotatable bonds is 8. The summed E-state index contributed by atoms with van der Waals surface area (Å²) in [7, 11) is 1.57. The maximum Gasteiger partial charge on any atom is 0.303 e. The first-order valence-corrected chi connectivity index (χ1v) is 10.0. The minimum Gasteiger partial charge on any atom is -0.496 e. The van der Waals surface area contributed by atoms with Crippen LogP contribution < -0.4 is 4.74 Å². The highest BCUT2D eigenvalue weighted by atomic mass is 32.1. The van der Waals surface area contributed by atoms with Crippen molar-refractivity contribution in [3.63, 3.8) is 0 Å². The summed E-state index contributed by atoms with van der Waals surface area (Å²) in [4.78, 5) is 13.0. The molecule has 0 unspecified atom stereocenters. The highest BCUT2D eigenvalue weighted by Gasteiger charge is 2.18. The Morgan fingerprint density at radius 1 is 1.25 bits per heavy atom. The molecule has 2 heterocycles. The van der Waals surface area contributed by atoms with Crippen LogP contribution in [0.25, 0.3) is 22.2 Å². The van der Waals surface area contributed by atoms with Crippen molar-refractivity contribution in [3.8, 4) is 28.0 Å². The number of methoxy groups -OCH3 is 1. The van der Waals surface area contributed by atoms with Gasteiger partial charge in [0.05, 0.1) is 17.6 Å². The summed E-state index contributed by atoms with van der Waals surface area (Å²) in [6.07, 6.45) is 1.53. The molecule has 28 heavy (non-hydrogen) atoms. The molecule has 0 fully saturated rings. The van der Waals surface area contributed by atoms with E-state index in [1.807, 2.05) is 18.2 Å². The van der Waals surface area contributed by atoms with Crippen LogP contribution in [0.2, 0.25) is 0 Å². The average Bonchev–Trinajstić information content (AvgIpc) is 3.26. The number of nitrogens with zero attached hydrogens (tertiary/aromatic N) is 2. The summed E-state index contributed by atoms with van der Waals surface area (Å²) < 4.78 is 11.4. The molecule has 3 rings (SSSR count). The lowest BCUT2D eigenvalue weighted by molar-refractivity contribution is -0.136. The summed E-state index contributed by atoms with van der Waals surface area (Å²) in [5.41, 5.74) is 2.89. The Hall–Kier alpha value is -2.67. The minimum absolute atomic E-state index is 0.0731.